The summed E-state index contributed by atoms with van der Waals surface area (Å²) >= 11 is 5.92. The van der Waals surface area contributed by atoms with E-state index in [9.17, 15) is 12.9 Å². The van der Waals surface area contributed by atoms with E-state index in [1.807, 2.05) is 30.3 Å². The maximum atomic E-state index is 12.1. The quantitative estimate of drug-likeness (QED) is 0.735. The van der Waals surface area contributed by atoms with Crippen LogP contribution in [0, 0.1) is 0 Å². The highest BCUT2D eigenvalue weighted by molar-refractivity contribution is 6.58. The fraction of sp³-hybridized carbons (Fsp3) is 0.0769. The molecule has 2 aromatic carbocycles. The molecule has 0 fully saturated rings. The van der Waals surface area contributed by atoms with E-state index in [2.05, 4.69) is 4.74 Å². The van der Waals surface area contributed by atoms with Gasteiger partial charge >= 0.3 is 6.98 Å². The number of benzene rings is 2. The Morgan fingerprint density at radius 3 is 2.21 bits per heavy atom. The first-order chi connectivity index (χ1) is 8.96. The Balaban J connectivity index is 2.18. The molecule has 0 aliphatic carbocycles. The fourth-order valence-electron chi connectivity index (χ4n) is 1.61. The van der Waals surface area contributed by atoms with Crippen molar-refractivity contribution in [2.24, 2.45) is 0 Å². The normalized spacial score (nSPS) is 11.4. The summed E-state index contributed by atoms with van der Waals surface area (Å²) in [6, 6.07) is 14.1. The van der Waals surface area contributed by atoms with Crippen LogP contribution in [0.15, 0.2) is 48.5 Å². The van der Waals surface area contributed by atoms with E-state index in [-0.39, 0.29) is 10.8 Å². The van der Waals surface area contributed by atoms with Gasteiger partial charge in [-0.05, 0) is 23.3 Å². The second-order valence-corrected chi connectivity index (χ2v) is 4.44. The van der Waals surface area contributed by atoms with Gasteiger partial charge in [-0.25, -0.2) is 0 Å². The van der Waals surface area contributed by atoms with Crippen LogP contribution in [-0.2, 0) is 0 Å². The maximum absolute atomic E-state index is 12.1. The van der Waals surface area contributed by atoms with Crippen molar-refractivity contribution < 1.29 is 17.7 Å². The number of rotatable bonds is 4. The summed E-state index contributed by atoms with van der Waals surface area (Å²) in [4.78, 5) is 0. The predicted octanol–water partition coefficient (Wildman–Crippen LogP) is 4.77. The summed E-state index contributed by atoms with van der Waals surface area (Å²) in [5.74, 6) is 0.0422. The SMILES string of the molecule is F[B-](F)(F)COc1ccc(-c2ccccc2)cc1Cl. The van der Waals surface area contributed by atoms with Gasteiger partial charge in [0.15, 0.2) is 0 Å². The van der Waals surface area contributed by atoms with E-state index >= 15 is 0 Å². The molecule has 0 spiro atoms. The lowest BCUT2D eigenvalue weighted by Crippen LogP contribution is -2.26. The molecule has 1 nitrogen and oxygen atoms in total. The van der Waals surface area contributed by atoms with E-state index in [0.29, 0.717) is 0 Å². The van der Waals surface area contributed by atoms with Crippen LogP contribution in [0.25, 0.3) is 11.1 Å². The van der Waals surface area contributed by atoms with Gasteiger partial charge in [-0.15, -0.1) is 0 Å². The molecule has 0 aliphatic heterocycles. The van der Waals surface area contributed by atoms with E-state index in [1.54, 1.807) is 12.1 Å². The van der Waals surface area contributed by atoms with E-state index in [1.165, 1.54) is 6.07 Å². The van der Waals surface area contributed by atoms with Crippen LogP contribution in [0.4, 0.5) is 12.9 Å². The molecule has 0 aliphatic rings. The molecular weight excluding hydrogens is 275 g/mol. The average molecular weight is 285 g/mol. The number of ether oxygens (including phenoxy) is 1. The number of hydrogen-bond acceptors (Lipinski definition) is 1. The third kappa shape index (κ3) is 3.93. The van der Waals surface area contributed by atoms with Crippen LogP contribution in [0.5, 0.6) is 5.75 Å². The number of hydrogen-bond donors (Lipinski definition) is 0. The summed E-state index contributed by atoms with van der Waals surface area (Å²) in [6.07, 6.45) is 0. The third-order valence-electron chi connectivity index (χ3n) is 2.47. The van der Waals surface area contributed by atoms with Gasteiger partial charge in [0.25, 0.3) is 0 Å². The van der Waals surface area contributed by atoms with Gasteiger partial charge in [-0.1, -0.05) is 48.0 Å². The van der Waals surface area contributed by atoms with Gasteiger partial charge in [0, 0.05) is 0 Å². The molecule has 2 rings (SSSR count). The molecule has 6 heteroatoms. The Morgan fingerprint density at radius 2 is 1.63 bits per heavy atom. The van der Waals surface area contributed by atoms with Crippen molar-refractivity contribution in [2.75, 3.05) is 6.51 Å². The van der Waals surface area contributed by atoms with Gasteiger partial charge < -0.3 is 17.7 Å². The minimum absolute atomic E-state index is 0.0422. The average Bonchev–Trinajstić information content (AvgIpc) is 2.37. The maximum Gasteiger partial charge on any atom is 0.515 e. The largest absolute Gasteiger partial charge is 0.520 e. The molecule has 0 unspecified atom stereocenters. The molecule has 0 saturated heterocycles. The molecule has 0 bridgehead atoms. The highest BCUT2D eigenvalue weighted by Crippen LogP contribution is 2.30. The van der Waals surface area contributed by atoms with Crippen LogP contribution in [0.3, 0.4) is 0 Å². The lowest BCUT2D eigenvalue weighted by atomic mass is 9.95. The van der Waals surface area contributed by atoms with E-state index in [4.69, 9.17) is 11.6 Å². The summed E-state index contributed by atoms with van der Waals surface area (Å²) in [5, 5.41) is 0.168. The summed E-state index contributed by atoms with van der Waals surface area (Å²) in [5.41, 5.74) is 1.77. The van der Waals surface area contributed by atoms with Crippen molar-refractivity contribution in [1.82, 2.24) is 0 Å². The lowest BCUT2D eigenvalue weighted by molar-refractivity contribution is 0.313. The van der Waals surface area contributed by atoms with E-state index < -0.39 is 13.5 Å². The van der Waals surface area contributed by atoms with Gasteiger partial charge in [0.1, 0.15) is 5.75 Å². The van der Waals surface area contributed by atoms with Crippen molar-refractivity contribution in [3.05, 3.63) is 53.6 Å². The van der Waals surface area contributed by atoms with Gasteiger partial charge in [-0.3, -0.25) is 0 Å². The van der Waals surface area contributed by atoms with Crippen LogP contribution < -0.4 is 4.74 Å². The smallest absolute Gasteiger partial charge is 0.515 e. The minimum Gasteiger partial charge on any atom is -0.520 e. The zero-order valence-corrected chi connectivity index (χ0v) is 10.6. The molecule has 0 aromatic heterocycles. The van der Waals surface area contributed by atoms with Crippen LogP contribution >= 0.6 is 11.6 Å². The van der Waals surface area contributed by atoms with Crippen molar-refractivity contribution in [1.29, 1.82) is 0 Å². The Hall–Kier alpha value is -1.62. The second-order valence-electron chi connectivity index (χ2n) is 4.03. The molecule has 2 aromatic rings. The first kappa shape index (κ1) is 13.8. The monoisotopic (exact) mass is 285 g/mol. The number of halogens is 4. The highest BCUT2D eigenvalue weighted by atomic mass is 35.5. The van der Waals surface area contributed by atoms with Gasteiger partial charge in [-0.2, -0.15) is 0 Å². The van der Waals surface area contributed by atoms with Crippen LogP contribution in [0.1, 0.15) is 0 Å². The fourth-order valence-corrected chi connectivity index (χ4v) is 1.85. The Labute approximate surface area is 114 Å². The van der Waals surface area contributed by atoms with Crippen LogP contribution in [-0.4, -0.2) is 13.5 Å². The predicted molar refractivity (Wildman–Crippen MR) is 71.5 cm³/mol. The molecule has 0 amide bonds. The second kappa shape index (κ2) is 5.57. The molecule has 0 N–H and O–H groups in total. The third-order valence-corrected chi connectivity index (χ3v) is 2.76. The molecule has 0 saturated carbocycles. The molecule has 100 valence electrons. The summed E-state index contributed by atoms with van der Waals surface area (Å²) in [7, 11) is 0. The topological polar surface area (TPSA) is 9.23 Å². The van der Waals surface area contributed by atoms with Crippen molar-refractivity contribution in [2.45, 2.75) is 0 Å². The van der Waals surface area contributed by atoms with Crippen molar-refractivity contribution in [3.8, 4) is 16.9 Å². The zero-order chi connectivity index (χ0) is 13.9. The standard InChI is InChI=1S/C13H10BClF3O/c15-12-8-11(10-4-2-1-3-5-10)6-7-13(12)19-9-14(16,17)18/h1-8H,9H2/q-1. The van der Waals surface area contributed by atoms with E-state index in [0.717, 1.165) is 11.1 Å². The highest BCUT2D eigenvalue weighted by Gasteiger charge is 2.24. The Bertz CT molecular complexity index is 558. The lowest BCUT2D eigenvalue weighted by Gasteiger charge is -2.16. The van der Waals surface area contributed by atoms with Crippen molar-refractivity contribution in [3.63, 3.8) is 0 Å². The molecule has 0 radical (unpaired) electrons. The van der Waals surface area contributed by atoms with Crippen molar-refractivity contribution >= 4 is 18.6 Å². The summed E-state index contributed by atoms with van der Waals surface area (Å²) < 4.78 is 41.0. The van der Waals surface area contributed by atoms with Crippen LogP contribution in [0.2, 0.25) is 5.02 Å². The molecule has 0 atom stereocenters. The molecular formula is C13H10BClF3O-. The Kier molecular flexibility index (Phi) is 4.05. The first-order valence-corrected chi connectivity index (χ1v) is 6.02. The Morgan fingerprint density at radius 1 is 0.947 bits per heavy atom. The molecule has 0 heterocycles. The minimum atomic E-state index is -4.98. The van der Waals surface area contributed by atoms with Gasteiger partial charge in [0.2, 0.25) is 0 Å². The first-order valence-electron chi connectivity index (χ1n) is 5.64. The zero-order valence-electron chi connectivity index (χ0n) is 9.82. The van der Waals surface area contributed by atoms with Gasteiger partial charge in [0.05, 0.1) is 11.5 Å². The summed E-state index contributed by atoms with van der Waals surface area (Å²) in [6.45, 7) is -6.27. The molecule has 19 heavy (non-hydrogen) atoms.